The van der Waals surface area contributed by atoms with Crippen LogP contribution in [0.25, 0.3) is 0 Å². The summed E-state index contributed by atoms with van der Waals surface area (Å²) in [5.74, 6) is 0.404. The summed E-state index contributed by atoms with van der Waals surface area (Å²) in [6.07, 6.45) is 5.04. The maximum Gasteiger partial charge on any atom is 0.310 e. The first-order valence-corrected chi connectivity index (χ1v) is 6.95. The molecule has 18 heavy (non-hydrogen) atoms. The van der Waals surface area contributed by atoms with E-state index in [4.69, 9.17) is 4.74 Å². The Labute approximate surface area is 110 Å². The molecule has 0 fully saturated rings. The van der Waals surface area contributed by atoms with Gasteiger partial charge in [0, 0.05) is 0 Å². The van der Waals surface area contributed by atoms with Crippen molar-refractivity contribution in [3.63, 3.8) is 0 Å². The van der Waals surface area contributed by atoms with Crippen LogP contribution < -0.4 is 0 Å². The van der Waals surface area contributed by atoms with E-state index in [9.17, 15) is 4.79 Å². The molecule has 0 spiro atoms. The molecule has 0 aliphatic rings. The highest BCUT2D eigenvalue weighted by molar-refractivity contribution is 5.72. The molecule has 0 aliphatic carbocycles. The second-order valence-corrected chi connectivity index (χ2v) is 4.76. The Kier molecular flexibility index (Phi) is 7.16. The molecular weight excluding hydrogens is 224 g/mol. The van der Waals surface area contributed by atoms with Gasteiger partial charge >= 0.3 is 5.97 Å². The summed E-state index contributed by atoms with van der Waals surface area (Å²) in [7, 11) is 0. The van der Waals surface area contributed by atoms with Crippen LogP contribution in [-0.2, 0) is 16.0 Å². The Morgan fingerprint density at radius 2 is 1.94 bits per heavy atom. The largest absolute Gasteiger partial charge is 0.465 e. The Bertz CT molecular complexity index is 332. The standard InChI is InChI=1S/C16H24O2/c1-3-5-9-14(4-2)13-18-16(17)12-15-10-7-6-8-11-15/h6-8,10-11,14H,3-5,9,12-13H2,1-2H3. The van der Waals surface area contributed by atoms with Gasteiger partial charge in [-0.25, -0.2) is 0 Å². The van der Waals surface area contributed by atoms with E-state index in [0.29, 0.717) is 18.9 Å². The van der Waals surface area contributed by atoms with Gasteiger partial charge in [-0.2, -0.15) is 0 Å². The van der Waals surface area contributed by atoms with Gasteiger partial charge in [0.1, 0.15) is 0 Å². The Balaban J connectivity index is 2.27. The number of benzene rings is 1. The van der Waals surface area contributed by atoms with Crippen LogP contribution in [0.15, 0.2) is 30.3 Å². The topological polar surface area (TPSA) is 26.3 Å². The Hall–Kier alpha value is -1.31. The van der Waals surface area contributed by atoms with E-state index in [2.05, 4.69) is 13.8 Å². The normalized spacial score (nSPS) is 12.1. The second-order valence-electron chi connectivity index (χ2n) is 4.76. The lowest BCUT2D eigenvalue weighted by molar-refractivity contribution is -0.144. The average molecular weight is 248 g/mol. The minimum Gasteiger partial charge on any atom is -0.465 e. The minimum atomic E-state index is -0.115. The summed E-state index contributed by atoms with van der Waals surface area (Å²) in [4.78, 5) is 11.7. The fraction of sp³-hybridized carbons (Fsp3) is 0.562. The predicted molar refractivity (Wildman–Crippen MR) is 74.4 cm³/mol. The molecule has 0 N–H and O–H groups in total. The number of hydrogen-bond donors (Lipinski definition) is 0. The van der Waals surface area contributed by atoms with Crippen LogP contribution in [0.1, 0.15) is 45.1 Å². The van der Waals surface area contributed by atoms with E-state index in [1.165, 1.54) is 12.8 Å². The van der Waals surface area contributed by atoms with Gasteiger partial charge in [0.05, 0.1) is 13.0 Å². The van der Waals surface area contributed by atoms with Crippen LogP contribution in [0, 0.1) is 5.92 Å². The monoisotopic (exact) mass is 248 g/mol. The number of carbonyl (C=O) groups is 1. The zero-order chi connectivity index (χ0) is 13.2. The van der Waals surface area contributed by atoms with Crippen molar-refractivity contribution in [2.24, 2.45) is 5.92 Å². The number of unbranched alkanes of at least 4 members (excludes halogenated alkanes) is 1. The molecule has 0 aromatic heterocycles. The van der Waals surface area contributed by atoms with Gasteiger partial charge in [0.2, 0.25) is 0 Å². The van der Waals surface area contributed by atoms with E-state index in [1.54, 1.807) is 0 Å². The lowest BCUT2D eigenvalue weighted by Crippen LogP contribution is -2.15. The molecule has 1 aromatic rings. The summed E-state index contributed by atoms with van der Waals surface area (Å²) < 4.78 is 5.36. The molecule has 1 aromatic carbocycles. The highest BCUT2D eigenvalue weighted by Gasteiger charge is 2.10. The number of esters is 1. The van der Waals surface area contributed by atoms with E-state index in [-0.39, 0.29) is 5.97 Å². The second kappa shape index (κ2) is 8.73. The fourth-order valence-corrected chi connectivity index (χ4v) is 1.92. The third-order valence-corrected chi connectivity index (χ3v) is 3.21. The van der Waals surface area contributed by atoms with Gasteiger partial charge in [0.15, 0.2) is 0 Å². The summed E-state index contributed by atoms with van der Waals surface area (Å²) in [6, 6.07) is 9.75. The molecule has 1 unspecified atom stereocenters. The van der Waals surface area contributed by atoms with E-state index in [1.807, 2.05) is 30.3 Å². The first-order valence-electron chi connectivity index (χ1n) is 6.95. The van der Waals surface area contributed by atoms with Gasteiger partial charge in [0.25, 0.3) is 0 Å². The van der Waals surface area contributed by atoms with E-state index >= 15 is 0 Å². The predicted octanol–water partition coefficient (Wildman–Crippen LogP) is 3.99. The van der Waals surface area contributed by atoms with Crippen molar-refractivity contribution in [3.8, 4) is 0 Å². The first-order chi connectivity index (χ1) is 8.76. The lowest BCUT2D eigenvalue weighted by atomic mass is 10.0. The molecule has 0 amide bonds. The van der Waals surface area contributed by atoms with Crippen LogP contribution in [0.4, 0.5) is 0 Å². The smallest absolute Gasteiger partial charge is 0.310 e. The lowest BCUT2D eigenvalue weighted by Gasteiger charge is -2.14. The third kappa shape index (κ3) is 5.85. The van der Waals surface area contributed by atoms with Gasteiger partial charge in [-0.3, -0.25) is 4.79 Å². The van der Waals surface area contributed by atoms with Crippen molar-refractivity contribution in [2.45, 2.75) is 46.0 Å². The Morgan fingerprint density at radius 1 is 1.22 bits per heavy atom. The highest BCUT2D eigenvalue weighted by atomic mass is 16.5. The molecule has 0 saturated carbocycles. The van der Waals surface area contributed by atoms with Crippen LogP contribution in [-0.4, -0.2) is 12.6 Å². The number of hydrogen-bond acceptors (Lipinski definition) is 2. The van der Waals surface area contributed by atoms with Crippen LogP contribution in [0.3, 0.4) is 0 Å². The summed E-state index contributed by atoms with van der Waals surface area (Å²) in [5, 5.41) is 0. The van der Waals surface area contributed by atoms with Crippen molar-refractivity contribution in [3.05, 3.63) is 35.9 Å². The van der Waals surface area contributed by atoms with Crippen molar-refractivity contribution >= 4 is 5.97 Å². The SMILES string of the molecule is CCCCC(CC)COC(=O)Cc1ccccc1. The van der Waals surface area contributed by atoms with E-state index < -0.39 is 0 Å². The van der Waals surface area contributed by atoms with Gasteiger partial charge in [-0.15, -0.1) is 0 Å². The maximum absolute atomic E-state index is 11.7. The zero-order valence-electron chi connectivity index (χ0n) is 11.5. The maximum atomic E-state index is 11.7. The minimum absolute atomic E-state index is 0.115. The quantitative estimate of drug-likeness (QED) is 0.650. The highest BCUT2D eigenvalue weighted by Crippen LogP contribution is 2.13. The van der Waals surface area contributed by atoms with E-state index in [0.717, 1.165) is 18.4 Å². The summed E-state index contributed by atoms with van der Waals surface area (Å²) >= 11 is 0. The van der Waals surface area contributed by atoms with Crippen LogP contribution >= 0.6 is 0 Å². The molecule has 0 aliphatic heterocycles. The van der Waals surface area contributed by atoms with Gasteiger partial charge in [-0.1, -0.05) is 63.4 Å². The van der Waals surface area contributed by atoms with Crippen LogP contribution in [0.5, 0.6) is 0 Å². The number of carbonyl (C=O) groups excluding carboxylic acids is 1. The Morgan fingerprint density at radius 3 is 2.56 bits per heavy atom. The van der Waals surface area contributed by atoms with Crippen molar-refractivity contribution in [1.29, 1.82) is 0 Å². The average Bonchev–Trinajstić information content (AvgIpc) is 2.40. The van der Waals surface area contributed by atoms with Gasteiger partial charge < -0.3 is 4.74 Å². The molecule has 1 rings (SSSR count). The fourth-order valence-electron chi connectivity index (χ4n) is 1.92. The molecule has 0 bridgehead atoms. The molecule has 0 saturated heterocycles. The van der Waals surface area contributed by atoms with Crippen molar-refractivity contribution < 1.29 is 9.53 Å². The summed E-state index contributed by atoms with van der Waals surface area (Å²) in [6.45, 7) is 4.92. The molecule has 1 atom stereocenters. The molecule has 0 heterocycles. The van der Waals surface area contributed by atoms with Crippen molar-refractivity contribution in [1.82, 2.24) is 0 Å². The van der Waals surface area contributed by atoms with Crippen LogP contribution in [0.2, 0.25) is 0 Å². The third-order valence-electron chi connectivity index (χ3n) is 3.21. The van der Waals surface area contributed by atoms with Crippen molar-refractivity contribution in [2.75, 3.05) is 6.61 Å². The number of ether oxygens (including phenoxy) is 1. The zero-order valence-corrected chi connectivity index (χ0v) is 11.5. The first kappa shape index (κ1) is 14.7. The molecule has 2 heteroatoms. The molecule has 2 nitrogen and oxygen atoms in total. The molecule has 100 valence electrons. The molecule has 0 radical (unpaired) electrons. The van der Waals surface area contributed by atoms with Gasteiger partial charge in [-0.05, 0) is 17.9 Å². The summed E-state index contributed by atoms with van der Waals surface area (Å²) in [5.41, 5.74) is 1.02. The number of rotatable bonds is 8. The molecular formula is C16H24O2.